The molecule has 0 aromatic heterocycles. The molecule has 150 valence electrons. The van der Waals surface area contributed by atoms with Gasteiger partial charge in [-0.3, -0.25) is 4.79 Å². The van der Waals surface area contributed by atoms with Crippen LogP contribution in [0.5, 0.6) is 0 Å². The van der Waals surface area contributed by atoms with Crippen molar-refractivity contribution < 1.29 is 4.79 Å². The first kappa shape index (κ1) is 17.5. The number of aryl methyl sites for hydroxylation is 1. The first-order valence-electron chi connectivity index (χ1n) is 11.6. The topological polar surface area (TPSA) is 32.3 Å². The SMILES string of the molecule is Cc1ccc(C23C[C@@H]4C[C@@H](CC(C(=O)N[C@@H]5CN6CCC5CC6)(C4)C2)C3)cc1. The number of fused-ring (bicyclic) bond motifs is 3. The van der Waals surface area contributed by atoms with Crippen LogP contribution < -0.4 is 5.32 Å². The number of carbonyl (C=O) groups excluding carboxylic acids is 1. The molecule has 1 aromatic rings. The highest BCUT2D eigenvalue weighted by Crippen LogP contribution is 2.65. The lowest BCUT2D eigenvalue weighted by molar-refractivity contribution is -0.151. The Kier molecular flexibility index (Phi) is 3.80. The van der Waals surface area contributed by atoms with Crippen molar-refractivity contribution in [2.45, 2.75) is 69.7 Å². The summed E-state index contributed by atoms with van der Waals surface area (Å²) in [7, 11) is 0. The Hall–Kier alpha value is -1.35. The Morgan fingerprint density at radius 1 is 1.04 bits per heavy atom. The highest BCUT2D eigenvalue weighted by Gasteiger charge is 2.61. The summed E-state index contributed by atoms with van der Waals surface area (Å²) in [6.07, 6.45) is 9.90. The number of hydrogen-bond donors (Lipinski definition) is 1. The molecule has 0 spiro atoms. The number of carbonyl (C=O) groups is 1. The van der Waals surface area contributed by atoms with E-state index in [0.717, 1.165) is 37.6 Å². The summed E-state index contributed by atoms with van der Waals surface area (Å²) < 4.78 is 0. The molecule has 3 heterocycles. The van der Waals surface area contributed by atoms with Crippen LogP contribution in [0, 0.1) is 30.1 Å². The van der Waals surface area contributed by atoms with Crippen molar-refractivity contribution in [3.05, 3.63) is 35.4 Å². The second-order valence-electron chi connectivity index (χ2n) is 11.1. The summed E-state index contributed by atoms with van der Waals surface area (Å²) >= 11 is 0. The largest absolute Gasteiger partial charge is 0.351 e. The van der Waals surface area contributed by atoms with E-state index in [1.807, 2.05) is 0 Å². The summed E-state index contributed by atoms with van der Waals surface area (Å²) in [5.41, 5.74) is 3.00. The third-order valence-electron chi connectivity index (χ3n) is 9.18. The Morgan fingerprint density at radius 2 is 1.71 bits per heavy atom. The molecule has 3 heteroatoms. The first-order chi connectivity index (χ1) is 13.5. The smallest absolute Gasteiger partial charge is 0.226 e. The zero-order valence-corrected chi connectivity index (χ0v) is 17.3. The number of amides is 1. The van der Waals surface area contributed by atoms with Crippen molar-refractivity contribution >= 4 is 5.91 Å². The summed E-state index contributed by atoms with van der Waals surface area (Å²) in [6, 6.07) is 9.67. The molecule has 28 heavy (non-hydrogen) atoms. The second-order valence-corrected chi connectivity index (χ2v) is 11.1. The highest BCUT2D eigenvalue weighted by molar-refractivity contribution is 5.84. The Labute approximate surface area is 169 Å². The molecule has 3 nitrogen and oxygen atoms in total. The fourth-order valence-electron chi connectivity index (χ4n) is 8.22. The van der Waals surface area contributed by atoms with Gasteiger partial charge in [-0.25, -0.2) is 0 Å². The van der Waals surface area contributed by atoms with E-state index in [4.69, 9.17) is 0 Å². The monoisotopic (exact) mass is 378 g/mol. The highest BCUT2D eigenvalue weighted by atomic mass is 16.2. The maximum atomic E-state index is 13.7. The molecule has 6 bridgehead atoms. The van der Waals surface area contributed by atoms with Crippen molar-refractivity contribution in [3.63, 3.8) is 0 Å². The van der Waals surface area contributed by atoms with E-state index in [1.165, 1.54) is 56.3 Å². The number of nitrogens with zero attached hydrogens (tertiary/aromatic N) is 1. The Balaban J connectivity index is 1.28. The number of benzene rings is 1. The van der Waals surface area contributed by atoms with Crippen LogP contribution in [0.15, 0.2) is 24.3 Å². The molecule has 0 radical (unpaired) electrons. The lowest BCUT2D eigenvalue weighted by Crippen LogP contribution is -2.63. The van der Waals surface area contributed by atoms with Crippen LogP contribution in [0.4, 0.5) is 0 Å². The molecule has 4 saturated carbocycles. The van der Waals surface area contributed by atoms with Gasteiger partial charge in [-0.2, -0.15) is 0 Å². The predicted molar refractivity (Wildman–Crippen MR) is 111 cm³/mol. The van der Waals surface area contributed by atoms with Gasteiger partial charge in [-0.1, -0.05) is 29.8 Å². The number of piperidine rings is 3. The standard InChI is InChI=1S/C25H34N2O/c1-17-2-4-21(5-3-17)24-11-18-10-19(12-24)14-25(13-18,16-24)23(28)26-22-15-27-8-6-20(22)7-9-27/h2-5,18-20,22H,6-16H2,1H3,(H,26,28)/t18-,19+,22-,24?,25?/m1/s1. The molecule has 1 amide bonds. The molecule has 2 unspecified atom stereocenters. The van der Waals surface area contributed by atoms with E-state index in [0.29, 0.717) is 17.9 Å². The van der Waals surface area contributed by atoms with Gasteiger partial charge < -0.3 is 10.2 Å². The molecule has 4 aliphatic carbocycles. The van der Waals surface area contributed by atoms with Crippen LogP contribution in [-0.4, -0.2) is 36.5 Å². The Bertz CT molecular complexity index is 762. The van der Waals surface area contributed by atoms with Gasteiger partial charge in [-0.15, -0.1) is 0 Å². The van der Waals surface area contributed by atoms with E-state index >= 15 is 0 Å². The normalized spacial score (nSPS) is 46.0. The van der Waals surface area contributed by atoms with Gasteiger partial charge in [0.2, 0.25) is 5.91 Å². The lowest BCUT2D eigenvalue weighted by Gasteiger charge is -2.62. The fourth-order valence-corrected chi connectivity index (χ4v) is 8.22. The van der Waals surface area contributed by atoms with Crippen LogP contribution >= 0.6 is 0 Å². The molecule has 1 N–H and O–H groups in total. The summed E-state index contributed by atoms with van der Waals surface area (Å²) in [5, 5.41) is 3.60. The second kappa shape index (κ2) is 6.08. The third-order valence-corrected chi connectivity index (χ3v) is 9.18. The van der Waals surface area contributed by atoms with Gasteiger partial charge in [0.25, 0.3) is 0 Å². The fraction of sp³-hybridized carbons (Fsp3) is 0.720. The summed E-state index contributed by atoms with van der Waals surface area (Å²) in [5.74, 6) is 2.63. The zero-order valence-electron chi connectivity index (χ0n) is 17.3. The van der Waals surface area contributed by atoms with Crippen LogP contribution in [0.25, 0.3) is 0 Å². The maximum Gasteiger partial charge on any atom is 0.226 e. The van der Waals surface area contributed by atoms with E-state index < -0.39 is 0 Å². The quantitative estimate of drug-likeness (QED) is 0.861. The van der Waals surface area contributed by atoms with E-state index in [1.54, 1.807) is 0 Å². The average molecular weight is 379 g/mol. The number of rotatable bonds is 3. The minimum Gasteiger partial charge on any atom is -0.351 e. The van der Waals surface area contributed by atoms with Crippen molar-refractivity contribution in [3.8, 4) is 0 Å². The maximum absolute atomic E-state index is 13.7. The van der Waals surface area contributed by atoms with Crippen LogP contribution in [0.2, 0.25) is 0 Å². The van der Waals surface area contributed by atoms with Crippen LogP contribution in [0.1, 0.15) is 62.5 Å². The van der Waals surface area contributed by atoms with Gasteiger partial charge in [-0.05, 0) is 100 Å². The zero-order chi connectivity index (χ0) is 18.9. The van der Waals surface area contributed by atoms with Crippen molar-refractivity contribution in [2.24, 2.45) is 23.2 Å². The molecular formula is C25H34N2O. The Morgan fingerprint density at radius 3 is 2.32 bits per heavy atom. The first-order valence-corrected chi connectivity index (χ1v) is 11.6. The van der Waals surface area contributed by atoms with Gasteiger partial charge in [0, 0.05) is 12.6 Å². The van der Waals surface area contributed by atoms with Crippen molar-refractivity contribution in [1.29, 1.82) is 0 Å². The van der Waals surface area contributed by atoms with Gasteiger partial charge >= 0.3 is 0 Å². The average Bonchev–Trinajstić information content (AvgIpc) is 2.68. The molecule has 7 aliphatic rings. The van der Waals surface area contributed by atoms with E-state index in [-0.39, 0.29) is 10.8 Å². The van der Waals surface area contributed by atoms with Crippen LogP contribution in [0.3, 0.4) is 0 Å². The van der Waals surface area contributed by atoms with Gasteiger partial charge in [0.05, 0.1) is 5.41 Å². The predicted octanol–water partition coefficient (Wildman–Crippen LogP) is 4.04. The lowest BCUT2D eigenvalue weighted by atomic mass is 9.42. The number of hydrogen-bond acceptors (Lipinski definition) is 2. The minimum absolute atomic E-state index is 0.0962. The molecule has 1 aromatic carbocycles. The van der Waals surface area contributed by atoms with Crippen molar-refractivity contribution in [1.82, 2.24) is 10.2 Å². The van der Waals surface area contributed by atoms with Gasteiger partial charge in [0.15, 0.2) is 0 Å². The minimum atomic E-state index is -0.0962. The van der Waals surface area contributed by atoms with Crippen molar-refractivity contribution in [2.75, 3.05) is 19.6 Å². The van der Waals surface area contributed by atoms with E-state index in [9.17, 15) is 4.79 Å². The third kappa shape index (κ3) is 2.61. The molecule has 3 aliphatic heterocycles. The molecule has 7 fully saturated rings. The van der Waals surface area contributed by atoms with E-state index in [2.05, 4.69) is 41.4 Å². The summed E-state index contributed by atoms with van der Waals surface area (Å²) in [6.45, 7) is 5.74. The number of nitrogens with one attached hydrogen (secondary N) is 1. The van der Waals surface area contributed by atoms with Gasteiger partial charge in [0.1, 0.15) is 0 Å². The van der Waals surface area contributed by atoms with Crippen LogP contribution in [-0.2, 0) is 10.2 Å². The molecule has 5 atom stereocenters. The molecular weight excluding hydrogens is 344 g/mol. The summed E-state index contributed by atoms with van der Waals surface area (Å²) in [4.78, 5) is 16.3. The molecule has 3 saturated heterocycles. The molecule has 8 rings (SSSR count).